The van der Waals surface area contributed by atoms with E-state index in [1.807, 2.05) is 28.8 Å². The molecule has 0 spiro atoms. The van der Waals surface area contributed by atoms with E-state index >= 15 is 0 Å². The Hall–Kier alpha value is -2.70. The monoisotopic (exact) mass is 270 g/mol. The van der Waals surface area contributed by atoms with Gasteiger partial charge in [0, 0.05) is 18.8 Å². The zero-order chi connectivity index (χ0) is 13.8. The van der Waals surface area contributed by atoms with Crippen LogP contribution in [0.5, 0.6) is 0 Å². The fourth-order valence-corrected chi connectivity index (χ4v) is 1.95. The van der Waals surface area contributed by atoms with E-state index in [9.17, 15) is 4.79 Å². The number of carbonyl (C=O) groups is 1. The van der Waals surface area contributed by atoms with Gasteiger partial charge in [0.15, 0.2) is 11.5 Å². The second-order valence-corrected chi connectivity index (χ2v) is 4.43. The predicted molar refractivity (Wildman–Crippen MR) is 71.7 cm³/mol. The number of amides is 1. The summed E-state index contributed by atoms with van der Waals surface area (Å²) in [4.78, 5) is 11.8. The molecule has 7 heteroatoms. The topological polar surface area (TPSA) is 88.0 Å². The van der Waals surface area contributed by atoms with Crippen molar-refractivity contribution in [2.24, 2.45) is 0 Å². The highest BCUT2D eigenvalue weighted by Crippen LogP contribution is 2.03. The number of fused-ring (bicyclic) bond motifs is 1. The second kappa shape index (κ2) is 5.52. The molecule has 0 fully saturated rings. The molecular formula is C13H14N6O. The van der Waals surface area contributed by atoms with Gasteiger partial charge in [-0.3, -0.25) is 14.3 Å². The molecule has 0 atom stereocenters. The third-order valence-corrected chi connectivity index (χ3v) is 3.02. The molecule has 0 aromatic carbocycles. The average Bonchev–Trinajstić information content (AvgIpc) is 3.12. The van der Waals surface area contributed by atoms with Gasteiger partial charge in [0.05, 0.1) is 12.7 Å². The molecule has 0 aliphatic carbocycles. The average molecular weight is 270 g/mol. The van der Waals surface area contributed by atoms with Crippen LogP contribution in [0.15, 0.2) is 36.8 Å². The number of hydrogen-bond acceptors (Lipinski definition) is 4. The van der Waals surface area contributed by atoms with E-state index < -0.39 is 0 Å². The number of aromatic amines is 1. The first-order valence-corrected chi connectivity index (χ1v) is 6.36. The maximum absolute atomic E-state index is 11.8. The van der Waals surface area contributed by atoms with E-state index in [1.54, 1.807) is 12.4 Å². The predicted octanol–water partition coefficient (Wildman–Crippen LogP) is 0.701. The van der Waals surface area contributed by atoms with E-state index in [2.05, 4.69) is 25.7 Å². The van der Waals surface area contributed by atoms with Crippen molar-refractivity contribution in [2.75, 3.05) is 0 Å². The lowest BCUT2D eigenvalue weighted by molar-refractivity contribution is -0.121. The lowest BCUT2D eigenvalue weighted by atomic mass is 10.2. The third kappa shape index (κ3) is 2.66. The smallest absolute Gasteiger partial charge is 0.220 e. The molecule has 0 saturated heterocycles. The minimum atomic E-state index is -0.0149. The Morgan fingerprint density at radius 2 is 2.30 bits per heavy atom. The van der Waals surface area contributed by atoms with Gasteiger partial charge < -0.3 is 5.32 Å². The molecule has 0 radical (unpaired) electrons. The number of H-pyrrole nitrogens is 1. The molecule has 0 bridgehead atoms. The third-order valence-electron chi connectivity index (χ3n) is 3.02. The zero-order valence-corrected chi connectivity index (χ0v) is 10.8. The molecule has 2 N–H and O–H groups in total. The number of pyridine rings is 1. The summed E-state index contributed by atoms with van der Waals surface area (Å²) in [7, 11) is 0. The first-order chi connectivity index (χ1) is 9.83. The Bertz CT molecular complexity index is 703. The summed E-state index contributed by atoms with van der Waals surface area (Å²) in [6.45, 7) is 0.370. The highest BCUT2D eigenvalue weighted by molar-refractivity contribution is 5.76. The lowest BCUT2D eigenvalue weighted by Crippen LogP contribution is -2.24. The molecule has 102 valence electrons. The van der Waals surface area contributed by atoms with Gasteiger partial charge in [-0.1, -0.05) is 6.07 Å². The van der Waals surface area contributed by atoms with Crippen molar-refractivity contribution in [1.82, 2.24) is 30.1 Å². The standard InChI is InChI=1S/C13H14N6O/c20-13(5-4-10-7-15-16-8-10)14-9-12-18-17-11-3-1-2-6-19(11)12/h1-3,6-8H,4-5,9H2,(H,14,20)(H,15,16). The van der Waals surface area contributed by atoms with Crippen molar-refractivity contribution in [3.8, 4) is 0 Å². The molecule has 3 rings (SSSR count). The Morgan fingerprint density at radius 3 is 3.15 bits per heavy atom. The van der Waals surface area contributed by atoms with Gasteiger partial charge in [-0.25, -0.2) is 0 Å². The van der Waals surface area contributed by atoms with Gasteiger partial charge in [-0.15, -0.1) is 10.2 Å². The summed E-state index contributed by atoms with van der Waals surface area (Å²) in [5.41, 5.74) is 1.79. The van der Waals surface area contributed by atoms with Gasteiger partial charge in [-0.2, -0.15) is 5.10 Å². The van der Waals surface area contributed by atoms with Crippen molar-refractivity contribution in [3.63, 3.8) is 0 Å². The van der Waals surface area contributed by atoms with E-state index in [0.29, 0.717) is 19.4 Å². The van der Waals surface area contributed by atoms with Gasteiger partial charge in [0.1, 0.15) is 0 Å². The Kier molecular flexibility index (Phi) is 3.40. The van der Waals surface area contributed by atoms with Crippen LogP contribution in [-0.4, -0.2) is 30.7 Å². The molecule has 0 saturated carbocycles. The molecule has 20 heavy (non-hydrogen) atoms. The van der Waals surface area contributed by atoms with E-state index in [-0.39, 0.29) is 5.91 Å². The van der Waals surface area contributed by atoms with E-state index in [0.717, 1.165) is 17.0 Å². The summed E-state index contributed by atoms with van der Waals surface area (Å²) in [5.74, 6) is 0.705. The van der Waals surface area contributed by atoms with Gasteiger partial charge >= 0.3 is 0 Å². The molecular weight excluding hydrogens is 256 g/mol. The highest BCUT2D eigenvalue weighted by Gasteiger charge is 2.07. The Labute approximate surface area is 115 Å². The molecule has 7 nitrogen and oxygen atoms in total. The quantitative estimate of drug-likeness (QED) is 0.714. The number of rotatable bonds is 5. The molecule has 1 amide bonds. The van der Waals surface area contributed by atoms with E-state index in [1.165, 1.54) is 0 Å². The van der Waals surface area contributed by atoms with Gasteiger partial charge in [0.2, 0.25) is 5.91 Å². The number of aromatic nitrogens is 5. The fraction of sp³-hybridized carbons (Fsp3) is 0.231. The zero-order valence-electron chi connectivity index (χ0n) is 10.8. The largest absolute Gasteiger partial charge is 0.349 e. The summed E-state index contributed by atoms with van der Waals surface area (Å²) in [6, 6.07) is 5.68. The van der Waals surface area contributed by atoms with Crippen molar-refractivity contribution in [1.29, 1.82) is 0 Å². The maximum Gasteiger partial charge on any atom is 0.220 e. The number of nitrogens with zero attached hydrogens (tertiary/aromatic N) is 4. The van der Waals surface area contributed by atoms with Crippen LogP contribution in [0.3, 0.4) is 0 Å². The fourth-order valence-electron chi connectivity index (χ4n) is 1.95. The van der Waals surface area contributed by atoms with Crippen LogP contribution in [0.25, 0.3) is 5.65 Å². The number of carbonyl (C=O) groups excluding carboxylic acids is 1. The van der Waals surface area contributed by atoms with Crippen molar-refractivity contribution in [3.05, 3.63) is 48.2 Å². The van der Waals surface area contributed by atoms with Crippen LogP contribution < -0.4 is 5.32 Å². The van der Waals surface area contributed by atoms with Crippen LogP contribution in [0.2, 0.25) is 0 Å². The number of aryl methyl sites for hydroxylation is 1. The van der Waals surface area contributed by atoms with Crippen molar-refractivity contribution in [2.45, 2.75) is 19.4 Å². The van der Waals surface area contributed by atoms with Crippen LogP contribution in [-0.2, 0) is 17.8 Å². The molecule has 0 unspecified atom stereocenters. The van der Waals surface area contributed by atoms with Gasteiger partial charge in [0.25, 0.3) is 0 Å². The molecule has 0 aliphatic rings. The van der Waals surface area contributed by atoms with Gasteiger partial charge in [-0.05, 0) is 24.1 Å². The highest BCUT2D eigenvalue weighted by atomic mass is 16.1. The summed E-state index contributed by atoms with van der Waals surface area (Å²) >= 11 is 0. The number of hydrogen-bond donors (Lipinski definition) is 2. The SMILES string of the molecule is O=C(CCc1cn[nH]c1)NCc1nnc2ccccn12. The van der Waals surface area contributed by atoms with Crippen LogP contribution in [0.4, 0.5) is 0 Å². The number of nitrogens with one attached hydrogen (secondary N) is 2. The van der Waals surface area contributed by atoms with Crippen LogP contribution >= 0.6 is 0 Å². The molecule has 3 aromatic heterocycles. The minimum Gasteiger partial charge on any atom is -0.349 e. The van der Waals surface area contributed by atoms with Crippen LogP contribution in [0.1, 0.15) is 17.8 Å². The molecule has 3 heterocycles. The molecule has 0 aliphatic heterocycles. The second-order valence-electron chi connectivity index (χ2n) is 4.43. The van der Waals surface area contributed by atoms with E-state index in [4.69, 9.17) is 0 Å². The maximum atomic E-state index is 11.8. The minimum absolute atomic E-state index is 0.0149. The van der Waals surface area contributed by atoms with Crippen molar-refractivity contribution >= 4 is 11.6 Å². The summed E-state index contributed by atoms with van der Waals surface area (Å²) in [5, 5.41) is 17.5. The molecule has 3 aromatic rings. The lowest BCUT2D eigenvalue weighted by Gasteiger charge is -2.03. The first-order valence-electron chi connectivity index (χ1n) is 6.36. The van der Waals surface area contributed by atoms with Crippen molar-refractivity contribution < 1.29 is 4.79 Å². The normalized spacial score (nSPS) is 10.8. The van der Waals surface area contributed by atoms with Crippen LogP contribution in [0, 0.1) is 0 Å². The Balaban J connectivity index is 1.55. The Morgan fingerprint density at radius 1 is 1.35 bits per heavy atom. The summed E-state index contributed by atoms with van der Waals surface area (Å²) in [6.07, 6.45) is 6.49. The summed E-state index contributed by atoms with van der Waals surface area (Å²) < 4.78 is 1.86. The first kappa shape index (κ1) is 12.3.